The SMILES string of the molecule is COCCOC(C(=O)OC)C1CC1. The van der Waals surface area contributed by atoms with Crippen LogP contribution in [0.25, 0.3) is 0 Å². The molecule has 1 fully saturated rings. The lowest BCUT2D eigenvalue weighted by Crippen LogP contribution is -2.29. The van der Waals surface area contributed by atoms with E-state index in [1.165, 1.54) is 7.11 Å². The van der Waals surface area contributed by atoms with Gasteiger partial charge in [0, 0.05) is 7.11 Å². The van der Waals surface area contributed by atoms with Crippen LogP contribution in [-0.4, -0.2) is 39.5 Å². The van der Waals surface area contributed by atoms with Crippen LogP contribution in [0.4, 0.5) is 0 Å². The monoisotopic (exact) mass is 188 g/mol. The molecule has 13 heavy (non-hydrogen) atoms. The minimum atomic E-state index is -0.375. The number of hydrogen-bond acceptors (Lipinski definition) is 4. The molecule has 0 N–H and O–H groups in total. The van der Waals surface area contributed by atoms with E-state index in [1.807, 2.05) is 0 Å². The molecule has 0 heterocycles. The van der Waals surface area contributed by atoms with Crippen LogP contribution >= 0.6 is 0 Å². The van der Waals surface area contributed by atoms with Crippen molar-refractivity contribution in [2.75, 3.05) is 27.4 Å². The Morgan fingerprint density at radius 1 is 1.38 bits per heavy atom. The number of carbonyl (C=O) groups is 1. The van der Waals surface area contributed by atoms with Crippen LogP contribution in [0.15, 0.2) is 0 Å². The van der Waals surface area contributed by atoms with E-state index in [9.17, 15) is 4.79 Å². The minimum Gasteiger partial charge on any atom is -0.467 e. The zero-order valence-electron chi connectivity index (χ0n) is 8.12. The van der Waals surface area contributed by atoms with E-state index in [-0.39, 0.29) is 12.1 Å². The zero-order valence-corrected chi connectivity index (χ0v) is 8.12. The van der Waals surface area contributed by atoms with Gasteiger partial charge in [-0.2, -0.15) is 0 Å². The molecule has 1 aliphatic rings. The molecule has 0 spiro atoms. The topological polar surface area (TPSA) is 44.8 Å². The van der Waals surface area contributed by atoms with E-state index in [4.69, 9.17) is 9.47 Å². The van der Waals surface area contributed by atoms with Gasteiger partial charge in [0.15, 0.2) is 6.10 Å². The van der Waals surface area contributed by atoms with Crippen LogP contribution in [0.3, 0.4) is 0 Å². The van der Waals surface area contributed by atoms with Crippen LogP contribution in [-0.2, 0) is 19.0 Å². The van der Waals surface area contributed by atoms with E-state index in [2.05, 4.69) is 4.74 Å². The van der Waals surface area contributed by atoms with Crippen molar-refractivity contribution in [1.82, 2.24) is 0 Å². The number of carbonyl (C=O) groups excluding carboxylic acids is 1. The number of ether oxygens (including phenoxy) is 3. The number of esters is 1. The van der Waals surface area contributed by atoms with Crippen LogP contribution < -0.4 is 0 Å². The van der Waals surface area contributed by atoms with Gasteiger partial charge in [0.05, 0.1) is 20.3 Å². The third-order valence-electron chi connectivity index (χ3n) is 2.07. The van der Waals surface area contributed by atoms with Crippen molar-refractivity contribution in [1.29, 1.82) is 0 Å². The lowest BCUT2D eigenvalue weighted by Gasteiger charge is -2.14. The van der Waals surface area contributed by atoms with Gasteiger partial charge in [-0.3, -0.25) is 0 Å². The van der Waals surface area contributed by atoms with Crippen LogP contribution in [0.5, 0.6) is 0 Å². The standard InChI is InChI=1S/C9H16O4/c1-11-5-6-13-8(7-3-4-7)9(10)12-2/h7-8H,3-6H2,1-2H3. The largest absolute Gasteiger partial charge is 0.467 e. The van der Waals surface area contributed by atoms with Crippen molar-refractivity contribution in [3.63, 3.8) is 0 Å². The third-order valence-corrected chi connectivity index (χ3v) is 2.07. The smallest absolute Gasteiger partial charge is 0.335 e. The predicted octanol–water partition coefficient (Wildman–Crippen LogP) is 0.601. The van der Waals surface area contributed by atoms with Crippen molar-refractivity contribution >= 4 is 5.97 Å². The number of methoxy groups -OCH3 is 2. The Kier molecular flexibility index (Phi) is 4.18. The number of rotatable bonds is 6. The van der Waals surface area contributed by atoms with Gasteiger partial charge in [-0.25, -0.2) is 4.79 Å². The van der Waals surface area contributed by atoms with E-state index in [1.54, 1.807) is 7.11 Å². The van der Waals surface area contributed by atoms with Gasteiger partial charge in [0.25, 0.3) is 0 Å². The average Bonchev–Trinajstić information content (AvgIpc) is 2.95. The average molecular weight is 188 g/mol. The summed E-state index contributed by atoms with van der Waals surface area (Å²) in [6.07, 6.45) is 1.75. The molecule has 0 aromatic rings. The van der Waals surface area contributed by atoms with Crippen LogP contribution in [0, 0.1) is 5.92 Å². The summed E-state index contributed by atoms with van der Waals surface area (Å²) in [6.45, 7) is 0.965. The first-order chi connectivity index (χ1) is 6.29. The van der Waals surface area contributed by atoms with Gasteiger partial charge in [-0.1, -0.05) is 0 Å². The normalized spacial score (nSPS) is 18.3. The molecule has 4 nitrogen and oxygen atoms in total. The molecule has 0 aromatic carbocycles. The Labute approximate surface area is 78.2 Å². The van der Waals surface area contributed by atoms with Gasteiger partial charge in [0.2, 0.25) is 0 Å². The third kappa shape index (κ3) is 3.32. The van der Waals surface area contributed by atoms with E-state index < -0.39 is 0 Å². The van der Waals surface area contributed by atoms with Gasteiger partial charge in [-0.05, 0) is 18.8 Å². The molecule has 1 unspecified atom stereocenters. The Morgan fingerprint density at radius 2 is 2.08 bits per heavy atom. The first-order valence-corrected chi connectivity index (χ1v) is 4.48. The maximum atomic E-state index is 11.2. The molecule has 0 aromatic heterocycles. The molecule has 4 heteroatoms. The molecule has 1 saturated carbocycles. The zero-order chi connectivity index (χ0) is 9.68. The summed E-state index contributed by atoms with van der Waals surface area (Å²) < 4.78 is 14.8. The molecule has 0 bridgehead atoms. The van der Waals surface area contributed by atoms with Crippen molar-refractivity contribution in [3.05, 3.63) is 0 Å². The van der Waals surface area contributed by atoms with E-state index in [0.29, 0.717) is 19.1 Å². The summed E-state index contributed by atoms with van der Waals surface area (Å²) in [6, 6.07) is 0. The van der Waals surface area contributed by atoms with Crippen molar-refractivity contribution in [2.24, 2.45) is 5.92 Å². The molecule has 1 atom stereocenters. The summed E-state index contributed by atoms with van der Waals surface area (Å²) >= 11 is 0. The van der Waals surface area contributed by atoms with E-state index >= 15 is 0 Å². The minimum absolute atomic E-state index is 0.265. The highest BCUT2D eigenvalue weighted by molar-refractivity contribution is 5.75. The van der Waals surface area contributed by atoms with E-state index in [0.717, 1.165) is 12.8 Å². The Bertz CT molecular complexity index is 165. The van der Waals surface area contributed by atoms with Crippen molar-refractivity contribution in [2.45, 2.75) is 18.9 Å². The maximum Gasteiger partial charge on any atom is 0.335 e. The summed E-state index contributed by atoms with van der Waals surface area (Å²) in [5.41, 5.74) is 0. The molecular formula is C9H16O4. The van der Waals surface area contributed by atoms with Gasteiger partial charge < -0.3 is 14.2 Å². The fourth-order valence-corrected chi connectivity index (χ4v) is 1.17. The molecular weight excluding hydrogens is 172 g/mol. The molecule has 0 radical (unpaired) electrons. The summed E-state index contributed by atoms with van der Waals surface area (Å²) in [7, 11) is 2.99. The maximum absolute atomic E-state index is 11.2. The van der Waals surface area contributed by atoms with Gasteiger partial charge in [0.1, 0.15) is 0 Å². The molecule has 0 amide bonds. The lowest BCUT2D eigenvalue weighted by molar-refractivity contribution is -0.156. The fourth-order valence-electron chi connectivity index (χ4n) is 1.17. The Morgan fingerprint density at radius 3 is 2.54 bits per heavy atom. The molecule has 1 rings (SSSR count). The lowest BCUT2D eigenvalue weighted by atomic mass is 10.2. The molecule has 76 valence electrons. The molecule has 0 saturated heterocycles. The predicted molar refractivity (Wildman–Crippen MR) is 46.4 cm³/mol. The second-order valence-corrected chi connectivity index (χ2v) is 3.14. The Balaban J connectivity index is 2.25. The summed E-state index contributed by atoms with van der Waals surface area (Å²) in [5.74, 6) is 0.0999. The highest BCUT2D eigenvalue weighted by Gasteiger charge is 2.37. The first kappa shape index (κ1) is 10.5. The highest BCUT2D eigenvalue weighted by atomic mass is 16.6. The highest BCUT2D eigenvalue weighted by Crippen LogP contribution is 2.34. The van der Waals surface area contributed by atoms with Gasteiger partial charge in [-0.15, -0.1) is 0 Å². The fraction of sp³-hybridized carbons (Fsp3) is 0.889. The quantitative estimate of drug-likeness (QED) is 0.452. The van der Waals surface area contributed by atoms with Crippen LogP contribution in [0.2, 0.25) is 0 Å². The second-order valence-electron chi connectivity index (χ2n) is 3.14. The Hall–Kier alpha value is -0.610. The molecule has 0 aliphatic heterocycles. The molecule has 1 aliphatic carbocycles. The first-order valence-electron chi connectivity index (χ1n) is 4.48. The second kappa shape index (κ2) is 5.19. The van der Waals surface area contributed by atoms with Crippen LogP contribution in [0.1, 0.15) is 12.8 Å². The summed E-state index contributed by atoms with van der Waals surface area (Å²) in [5, 5.41) is 0. The van der Waals surface area contributed by atoms with Crippen molar-refractivity contribution < 1.29 is 19.0 Å². The summed E-state index contributed by atoms with van der Waals surface area (Å²) in [4.78, 5) is 11.2. The number of hydrogen-bond donors (Lipinski definition) is 0. The van der Waals surface area contributed by atoms with Gasteiger partial charge >= 0.3 is 5.97 Å². The van der Waals surface area contributed by atoms with Crippen molar-refractivity contribution in [3.8, 4) is 0 Å².